The van der Waals surface area contributed by atoms with Gasteiger partial charge >= 0.3 is 12.1 Å². The summed E-state index contributed by atoms with van der Waals surface area (Å²) in [5.41, 5.74) is 4.54. The highest BCUT2D eigenvalue weighted by Gasteiger charge is 2.37. The third-order valence-corrected chi connectivity index (χ3v) is 2.53. The largest absolute Gasteiger partial charge is 0.464 e. The van der Waals surface area contributed by atoms with Gasteiger partial charge in [0, 0.05) is 11.8 Å². The number of hydrogen-bond acceptors (Lipinski definition) is 4. The molecule has 2 rings (SSSR count). The highest BCUT2D eigenvalue weighted by atomic mass is 19.4. The number of nitrogen functional groups attached to an aromatic ring is 1. The normalized spacial score (nSPS) is 11.4. The molecule has 0 radical (unpaired) electrons. The summed E-state index contributed by atoms with van der Waals surface area (Å²) in [6.45, 7) is 0. The zero-order chi connectivity index (χ0) is 14.9. The molecular formula is C12H10F3N3O2. The van der Waals surface area contributed by atoms with E-state index in [1.807, 2.05) is 0 Å². The molecule has 1 aromatic carbocycles. The molecule has 1 aromatic heterocycles. The summed E-state index contributed by atoms with van der Waals surface area (Å²) >= 11 is 0. The first-order valence-corrected chi connectivity index (χ1v) is 5.44. The third kappa shape index (κ3) is 2.58. The van der Waals surface area contributed by atoms with E-state index in [1.54, 1.807) is 0 Å². The molecule has 8 heteroatoms. The zero-order valence-electron chi connectivity index (χ0n) is 10.3. The van der Waals surface area contributed by atoms with Crippen molar-refractivity contribution in [2.75, 3.05) is 12.8 Å². The van der Waals surface area contributed by atoms with Gasteiger partial charge in [0.1, 0.15) is 5.69 Å². The van der Waals surface area contributed by atoms with Gasteiger partial charge in [-0.2, -0.15) is 18.3 Å². The Bertz CT molecular complexity index is 632. The zero-order valence-corrected chi connectivity index (χ0v) is 10.3. The number of benzene rings is 1. The van der Waals surface area contributed by atoms with Gasteiger partial charge in [0.25, 0.3) is 0 Å². The molecule has 0 saturated heterocycles. The van der Waals surface area contributed by atoms with Crippen LogP contribution in [0, 0.1) is 0 Å². The molecule has 0 spiro atoms. The number of rotatable bonds is 2. The molecule has 2 aromatic rings. The highest BCUT2D eigenvalue weighted by molar-refractivity contribution is 5.87. The van der Waals surface area contributed by atoms with Gasteiger partial charge in [0.2, 0.25) is 0 Å². The lowest BCUT2D eigenvalue weighted by Gasteiger charge is -2.10. The monoisotopic (exact) mass is 285 g/mol. The summed E-state index contributed by atoms with van der Waals surface area (Å²) in [5, 5.41) is 3.63. The number of nitrogens with zero attached hydrogens (tertiary/aromatic N) is 2. The molecule has 0 aliphatic carbocycles. The van der Waals surface area contributed by atoms with Gasteiger partial charge in [-0.1, -0.05) is 0 Å². The maximum atomic E-state index is 13.0. The van der Waals surface area contributed by atoms with Gasteiger partial charge in [-0.25, -0.2) is 9.48 Å². The number of anilines is 1. The number of methoxy groups -OCH3 is 1. The molecule has 0 fully saturated rings. The first-order chi connectivity index (χ1) is 9.32. The van der Waals surface area contributed by atoms with E-state index in [4.69, 9.17) is 5.73 Å². The number of carbonyl (C=O) groups excluding carboxylic acids is 1. The van der Waals surface area contributed by atoms with E-state index >= 15 is 0 Å². The van der Waals surface area contributed by atoms with Gasteiger partial charge in [0.05, 0.1) is 12.8 Å². The maximum Gasteiger partial charge on any atom is 0.433 e. The van der Waals surface area contributed by atoms with Crippen molar-refractivity contribution in [1.82, 2.24) is 9.78 Å². The average molecular weight is 285 g/mol. The quantitative estimate of drug-likeness (QED) is 0.678. The van der Waals surface area contributed by atoms with Crippen LogP contribution in [0.1, 0.15) is 16.2 Å². The highest BCUT2D eigenvalue weighted by Crippen LogP contribution is 2.31. The number of nitrogens with two attached hydrogens (primary N) is 1. The van der Waals surface area contributed by atoms with E-state index in [9.17, 15) is 18.0 Å². The average Bonchev–Trinajstić information content (AvgIpc) is 2.83. The topological polar surface area (TPSA) is 70.1 Å². The van der Waals surface area contributed by atoms with Crippen molar-refractivity contribution < 1.29 is 22.7 Å². The molecule has 5 nitrogen and oxygen atoms in total. The summed E-state index contributed by atoms with van der Waals surface area (Å²) in [6.07, 6.45) is -4.65. The van der Waals surface area contributed by atoms with Crippen molar-refractivity contribution in [3.8, 4) is 5.69 Å². The molecule has 0 saturated carbocycles. The minimum atomic E-state index is -4.65. The molecule has 0 atom stereocenters. The van der Waals surface area contributed by atoms with Crippen molar-refractivity contribution >= 4 is 11.7 Å². The molecule has 20 heavy (non-hydrogen) atoms. The number of alkyl halides is 3. The van der Waals surface area contributed by atoms with Crippen molar-refractivity contribution in [2.45, 2.75) is 6.18 Å². The Morgan fingerprint density at radius 2 is 1.90 bits per heavy atom. The van der Waals surface area contributed by atoms with Crippen molar-refractivity contribution in [3.63, 3.8) is 0 Å². The smallest absolute Gasteiger partial charge is 0.433 e. The first kappa shape index (κ1) is 13.9. The van der Waals surface area contributed by atoms with E-state index < -0.39 is 23.5 Å². The summed E-state index contributed by atoms with van der Waals surface area (Å²) in [7, 11) is 1.07. The maximum absolute atomic E-state index is 13.0. The Kier molecular flexibility index (Phi) is 3.39. The van der Waals surface area contributed by atoms with Crippen LogP contribution in [0.2, 0.25) is 0 Å². The van der Waals surface area contributed by atoms with Gasteiger partial charge < -0.3 is 10.5 Å². The van der Waals surface area contributed by atoms with Gasteiger partial charge in [-0.05, 0) is 24.3 Å². The van der Waals surface area contributed by atoms with Crippen molar-refractivity contribution in [2.24, 2.45) is 0 Å². The number of carbonyl (C=O) groups is 1. The van der Waals surface area contributed by atoms with Gasteiger partial charge in [-0.3, -0.25) is 0 Å². The summed E-state index contributed by atoms with van der Waals surface area (Å²) in [4.78, 5) is 11.3. The lowest BCUT2D eigenvalue weighted by molar-refractivity contribution is -0.142. The van der Waals surface area contributed by atoms with Gasteiger partial charge in [-0.15, -0.1) is 0 Å². The van der Waals surface area contributed by atoms with E-state index in [-0.39, 0.29) is 5.69 Å². The lowest BCUT2D eigenvalue weighted by Crippen LogP contribution is -2.13. The molecule has 0 amide bonds. The van der Waals surface area contributed by atoms with E-state index in [0.717, 1.165) is 7.11 Å². The van der Waals surface area contributed by atoms with Crippen LogP contribution in [0.4, 0.5) is 18.9 Å². The second kappa shape index (κ2) is 4.87. The predicted octanol–water partition coefficient (Wildman–Crippen LogP) is 2.26. The molecule has 0 unspecified atom stereocenters. The van der Waals surface area contributed by atoms with Crippen LogP contribution >= 0.6 is 0 Å². The number of esters is 1. The standard InChI is InChI=1S/C12H10F3N3O2/c1-20-11(19)9-6-10(12(13,14)15)18(17-9)8-4-2-7(16)3-5-8/h2-6H,16H2,1H3. The lowest BCUT2D eigenvalue weighted by atomic mass is 10.3. The summed E-state index contributed by atoms with van der Waals surface area (Å²) in [6, 6.07) is 6.27. The first-order valence-electron chi connectivity index (χ1n) is 5.44. The summed E-state index contributed by atoms with van der Waals surface area (Å²) in [5.74, 6) is -0.940. The second-order valence-electron chi connectivity index (χ2n) is 3.91. The predicted molar refractivity (Wildman–Crippen MR) is 64.3 cm³/mol. The van der Waals surface area contributed by atoms with E-state index in [0.29, 0.717) is 16.4 Å². The van der Waals surface area contributed by atoms with Crippen LogP contribution in [0.5, 0.6) is 0 Å². The molecule has 2 N–H and O–H groups in total. The number of hydrogen-bond donors (Lipinski definition) is 1. The minimum absolute atomic E-state index is 0.140. The van der Waals surface area contributed by atoms with Crippen LogP contribution in [-0.4, -0.2) is 22.9 Å². The second-order valence-corrected chi connectivity index (χ2v) is 3.91. The van der Waals surface area contributed by atoms with Crippen LogP contribution in [0.3, 0.4) is 0 Å². The Labute approximate surface area is 111 Å². The van der Waals surface area contributed by atoms with Crippen LogP contribution in [0.25, 0.3) is 5.69 Å². The van der Waals surface area contributed by atoms with E-state index in [1.165, 1.54) is 24.3 Å². The van der Waals surface area contributed by atoms with Gasteiger partial charge in [0.15, 0.2) is 5.69 Å². The minimum Gasteiger partial charge on any atom is -0.464 e. The third-order valence-electron chi connectivity index (χ3n) is 2.53. The SMILES string of the molecule is COC(=O)c1cc(C(F)(F)F)n(-c2ccc(N)cc2)n1. The molecular weight excluding hydrogens is 275 g/mol. The number of ether oxygens (including phenoxy) is 1. The molecule has 0 aliphatic rings. The van der Waals surface area contributed by atoms with E-state index in [2.05, 4.69) is 9.84 Å². The molecule has 106 valence electrons. The summed E-state index contributed by atoms with van der Waals surface area (Å²) < 4.78 is 43.9. The number of aromatic nitrogens is 2. The van der Waals surface area contributed by atoms with Crippen LogP contribution < -0.4 is 5.73 Å². The fraction of sp³-hybridized carbons (Fsp3) is 0.167. The Balaban J connectivity index is 2.58. The van der Waals surface area contributed by atoms with Crippen molar-refractivity contribution in [1.29, 1.82) is 0 Å². The number of halogens is 3. The Morgan fingerprint density at radius 3 is 2.40 bits per heavy atom. The Morgan fingerprint density at radius 1 is 1.30 bits per heavy atom. The molecule has 0 bridgehead atoms. The molecule has 1 heterocycles. The fourth-order valence-corrected chi connectivity index (χ4v) is 1.60. The van der Waals surface area contributed by atoms with Crippen LogP contribution in [0.15, 0.2) is 30.3 Å². The van der Waals surface area contributed by atoms with Crippen molar-refractivity contribution in [3.05, 3.63) is 41.7 Å². The molecule has 0 aliphatic heterocycles. The van der Waals surface area contributed by atoms with Crippen LogP contribution in [-0.2, 0) is 10.9 Å². The fourth-order valence-electron chi connectivity index (χ4n) is 1.60. The Hall–Kier alpha value is -2.51.